The number of ether oxygens (including phenoxy) is 1. The Bertz CT molecular complexity index is 1090. The number of aromatic nitrogens is 2. The first-order valence-corrected chi connectivity index (χ1v) is 8.51. The number of methoxy groups -OCH3 is 1. The molecule has 2 heterocycles. The van der Waals surface area contributed by atoms with Gasteiger partial charge in [-0.1, -0.05) is 30.3 Å². The lowest BCUT2D eigenvalue weighted by molar-refractivity contribution is 0.102. The number of anilines is 1. The molecule has 0 aliphatic heterocycles. The summed E-state index contributed by atoms with van der Waals surface area (Å²) in [6, 6.07) is 22.4. The van der Waals surface area contributed by atoms with Crippen LogP contribution >= 0.6 is 0 Å². The van der Waals surface area contributed by atoms with Crippen LogP contribution in [0.2, 0.25) is 0 Å². The van der Waals surface area contributed by atoms with Gasteiger partial charge in [-0.25, -0.2) is 9.97 Å². The maximum Gasteiger partial charge on any atom is 0.257 e. The Labute approximate surface area is 156 Å². The van der Waals surface area contributed by atoms with Gasteiger partial charge in [0.1, 0.15) is 5.75 Å². The maximum absolute atomic E-state index is 13.0. The minimum Gasteiger partial charge on any atom is -0.497 e. The summed E-state index contributed by atoms with van der Waals surface area (Å²) in [5.74, 6) is 0.508. The zero-order valence-electron chi connectivity index (χ0n) is 14.7. The van der Waals surface area contributed by atoms with Gasteiger partial charge in [0.25, 0.3) is 5.91 Å². The van der Waals surface area contributed by atoms with E-state index in [1.165, 1.54) is 0 Å². The molecule has 5 heteroatoms. The fourth-order valence-electron chi connectivity index (χ4n) is 2.87. The van der Waals surface area contributed by atoms with Crippen molar-refractivity contribution in [2.45, 2.75) is 0 Å². The molecule has 0 radical (unpaired) electrons. The molecule has 0 unspecified atom stereocenters. The average molecular weight is 355 g/mol. The van der Waals surface area contributed by atoms with Crippen molar-refractivity contribution in [3.63, 3.8) is 0 Å². The fraction of sp³-hybridized carbons (Fsp3) is 0.0455. The molecule has 1 amide bonds. The van der Waals surface area contributed by atoms with Crippen molar-refractivity contribution in [1.82, 2.24) is 9.97 Å². The molecular formula is C22H17N3O2. The van der Waals surface area contributed by atoms with Crippen molar-refractivity contribution < 1.29 is 9.53 Å². The van der Waals surface area contributed by atoms with E-state index in [-0.39, 0.29) is 5.91 Å². The summed E-state index contributed by atoms with van der Waals surface area (Å²) in [4.78, 5) is 22.0. The third kappa shape index (κ3) is 3.48. The molecule has 27 heavy (non-hydrogen) atoms. The monoisotopic (exact) mass is 355 g/mol. The molecule has 0 atom stereocenters. The number of carbonyl (C=O) groups is 1. The fourth-order valence-corrected chi connectivity index (χ4v) is 2.87. The summed E-state index contributed by atoms with van der Waals surface area (Å²) < 4.78 is 5.15. The highest BCUT2D eigenvalue weighted by molar-refractivity contribution is 6.09. The average Bonchev–Trinajstić information content (AvgIpc) is 2.74. The Morgan fingerprint density at radius 2 is 1.74 bits per heavy atom. The van der Waals surface area contributed by atoms with Crippen LogP contribution in [-0.4, -0.2) is 23.0 Å². The second-order valence-electron chi connectivity index (χ2n) is 5.98. The molecule has 0 saturated carbocycles. The van der Waals surface area contributed by atoms with Crippen LogP contribution in [0, 0.1) is 0 Å². The van der Waals surface area contributed by atoms with E-state index in [1.807, 2.05) is 48.5 Å². The molecule has 0 saturated heterocycles. The Balaban J connectivity index is 1.77. The molecule has 2 aromatic heterocycles. The molecular weight excluding hydrogens is 338 g/mol. The van der Waals surface area contributed by atoms with Crippen molar-refractivity contribution in [2.75, 3.05) is 12.4 Å². The second kappa shape index (κ2) is 7.25. The van der Waals surface area contributed by atoms with Gasteiger partial charge in [0, 0.05) is 22.8 Å². The summed E-state index contributed by atoms with van der Waals surface area (Å²) >= 11 is 0. The van der Waals surface area contributed by atoms with Crippen LogP contribution in [-0.2, 0) is 0 Å². The van der Waals surface area contributed by atoms with Crippen molar-refractivity contribution >= 4 is 22.6 Å². The highest BCUT2D eigenvalue weighted by atomic mass is 16.5. The van der Waals surface area contributed by atoms with Crippen LogP contribution in [0.5, 0.6) is 5.75 Å². The number of benzene rings is 2. The Hall–Kier alpha value is -3.73. The SMILES string of the molecule is COc1ccc(NC(=O)c2cc3cccnc3nc2-c2ccccc2)cc1. The molecule has 0 fully saturated rings. The van der Waals surface area contributed by atoms with Gasteiger partial charge in [0.15, 0.2) is 5.65 Å². The largest absolute Gasteiger partial charge is 0.497 e. The number of amides is 1. The number of fused-ring (bicyclic) bond motifs is 1. The number of carbonyl (C=O) groups excluding carboxylic acids is 1. The molecule has 4 rings (SSSR count). The number of hydrogen-bond donors (Lipinski definition) is 1. The second-order valence-corrected chi connectivity index (χ2v) is 5.98. The summed E-state index contributed by atoms with van der Waals surface area (Å²) in [7, 11) is 1.61. The molecule has 1 N–H and O–H groups in total. The van der Waals surface area contributed by atoms with Crippen molar-refractivity contribution in [1.29, 1.82) is 0 Å². The van der Waals surface area contributed by atoms with E-state index in [0.717, 1.165) is 16.7 Å². The summed E-state index contributed by atoms with van der Waals surface area (Å²) in [5.41, 5.74) is 3.26. The number of nitrogens with zero attached hydrogens (tertiary/aromatic N) is 2. The Morgan fingerprint density at radius 1 is 0.963 bits per heavy atom. The van der Waals surface area contributed by atoms with E-state index in [9.17, 15) is 4.79 Å². The van der Waals surface area contributed by atoms with Crippen LogP contribution in [0.4, 0.5) is 5.69 Å². The number of rotatable bonds is 4. The van der Waals surface area contributed by atoms with Crippen molar-refractivity contribution in [2.24, 2.45) is 0 Å². The highest BCUT2D eigenvalue weighted by Gasteiger charge is 2.16. The zero-order valence-corrected chi connectivity index (χ0v) is 14.7. The van der Waals surface area contributed by atoms with E-state index >= 15 is 0 Å². The topological polar surface area (TPSA) is 64.1 Å². The van der Waals surface area contributed by atoms with Crippen LogP contribution < -0.4 is 10.1 Å². The van der Waals surface area contributed by atoms with E-state index in [4.69, 9.17) is 4.74 Å². The molecule has 0 aliphatic rings. The Kier molecular flexibility index (Phi) is 4.49. The molecule has 2 aromatic carbocycles. The third-order valence-electron chi connectivity index (χ3n) is 4.23. The van der Waals surface area contributed by atoms with E-state index in [1.54, 1.807) is 37.6 Å². The first kappa shape index (κ1) is 16.7. The van der Waals surface area contributed by atoms with Gasteiger partial charge in [0.2, 0.25) is 0 Å². The summed E-state index contributed by atoms with van der Waals surface area (Å²) in [6.07, 6.45) is 1.70. The molecule has 0 spiro atoms. The molecule has 4 aromatic rings. The van der Waals surface area contributed by atoms with E-state index < -0.39 is 0 Å². The normalized spacial score (nSPS) is 10.6. The lowest BCUT2D eigenvalue weighted by Gasteiger charge is -2.11. The van der Waals surface area contributed by atoms with Crippen LogP contribution in [0.25, 0.3) is 22.3 Å². The highest BCUT2D eigenvalue weighted by Crippen LogP contribution is 2.26. The van der Waals surface area contributed by atoms with Gasteiger partial charge in [-0.2, -0.15) is 0 Å². The first-order valence-electron chi connectivity index (χ1n) is 8.51. The zero-order chi connectivity index (χ0) is 18.6. The van der Waals surface area contributed by atoms with Crippen LogP contribution in [0.1, 0.15) is 10.4 Å². The quantitative estimate of drug-likeness (QED) is 0.583. The van der Waals surface area contributed by atoms with Crippen molar-refractivity contribution in [3.05, 3.63) is 84.6 Å². The lowest BCUT2D eigenvalue weighted by Crippen LogP contribution is -2.14. The minimum absolute atomic E-state index is 0.225. The van der Waals surface area contributed by atoms with Gasteiger partial charge < -0.3 is 10.1 Å². The predicted molar refractivity (Wildman–Crippen MR) is 106 cm³/mol. The molecule has 0 bridgehead atoms. The molecule has 0 aliphatic carbocycles. The van der Waals surface area contributed by atoms with Crippen LogP contribution in [0.3, 0.4) is 0 Å². The summed E-state index contributed by atoms with van der Waals surface area (Å²) in [6.45, 7) is 0. The first-order chi connectivity index (χ1) is 13.2. The summed E-state index contributed by atoms with van der Waals surface area (Å²) in [5, 5.41) is 3.75. The number of hydrogen-bond acceptors (Lipinski definition) is 4. The van der Waals surface area contributed by atoms with Gasteiger partial charge >= 0.3 is 0 Å². The van der Waals surface area contributed by atoms with Gasteiger partial charge in [-0.05, 0) is 42.5 Å². The van der Waals surface area contributed by atoms with E-state index in [0.29, 0.717) is 22.6 Å². The van der Waals surface area contributed by atoms with Crippen molar-refractivity contribution in [3.8, 4) is 17.0 Å². The van der Waals surface area contributed by atoms with Gasteiger partial charge in [-0.3, -0.25) is 4.79 Å². The van der Waals surface area contributed by atoms with Crippen LogP contribution in [0.15, 0.2) is 79.0 Å². The molecule has 132 valence electrons. The van der Waals surface area contributed by atoms with E-state index in [2.05, 4.69) is 15.3 Å². The van der Waals surface area contributed by atoms with Gasteiger partial charge in [-0.15, -0.1) is 0 Å². The maximum atomic E-state index is 13.0. The lowest BCUT2D eigenvalue weighted by atomic mass is 10.0. The number of pyridine rings is 2. The minimum atomic E-state index is -0.225. The standard InChI is InChI=1S/C22H17N3O2/c1-27-18-11-9-17(10-12-18)24-22(26)19-14-16-8-5-13-23-21(16)25-20(19)15-6-3-2-4-7-15/h2-14H,1H3,(H,24,26). The Morgan fingerprint density at radius 3 is 2.48 bits per heavy atom. The smallest absolute Gasteiger partial charge is 0.257 e. The third-order valence-corrected chi connectivity index (χ3v) is 4.23. The molecule has 5 nitrogen and oxygen atoms in total. The predicted octanol–water partition coefficient (Wildman–Crippen LogP) is 4.56. The number of nitrogens with one attached hydrogen (secondary N) is 1. The van der Waals surface area contributed by atoms with Gasteiger partial charge in [0.05, 0.1) is 18.4 Å².